The van der Waals surface area contributed by atoms with Crippen LogP contribution in [0.1, 0.15) is 10.4 Å². The average Bonchev–Trinajstić information content (AvgIpc) is 3.15. The van der Waals surface area contributed by atoms with Crippen LogP contribution in [0, 0.1) is 11.3 Å². The molecule has 0 unspecified atom stereocenters. The lowest BCUT2D eigenvalue weighted by molar-refractivity contribution is 0.415. The number of rotatable bonds is 5. The Hall–Kier alpha value is -3.44. The van der Waals surface area contributed by atoms with Crippen LogP contribution >= 0.6 is 11.3 Å². The molecule has 1 aromatic carbocycles. The molecule has 25 heavy (non-hydrogen) atoms. The fraction of sp³-hybridized carbons (Fsp3) is 0.0588. The molecule has 124 valence electrons. The molecule has 3 aromatic rings. The first-order valence-electron chi connectivity index (χ1n) is 7.22. The first kappa shape index (κ1) is 16.4. The number of aromatic amines is 1. The minimum absolute atomic E-state index is 0.0575. The minimum Gasteiger partial charge on any atom is -0.497 e. The summed E-state index contributed by atoms with van der Waals surface area (Å²) < 4.78 is 5.11. The maximum Gasteiger partial charge on any atom is 0.270 e. The highest BCUT2D eigenvalue weighted by Gasteiger charge is 2.13. The standard InChI is InChI=1S/C17H13N5O2S/c1-24-12-6-4-11(5-7-12)15-14(9-18)16(23)21-17(20-15)22-19-10-13-3-2-8-25-13/h2-8,10H,1H3,(H2,20,21,22,23). The quantitative estimate of drug-likeness (QED) is 0.543. The summed E-state index contributed by atoms with van der Waals surface area (Å²) in [6.45, 7) is 0. The lowest BCUT2D eigenvalue weighted by atomic mass is 10.1. The van der Waals surface area contributed by atoms with Gasteiger partial charge >= 0.3 is 0 Å². The van der Waals surface area contributed by atoms with Gasteiger partial charge in [0.05, 0.1) is 19.0 Å². The number of nitrogens with one attached hydrogen (secondary N) is 2. The number of hydrogen-bond acceptors (Lipinski definition) is 7. The third-order valence-corrected chi connectivity index (χ3v) is 4.11. The molecular weight excluding hydrogens is 338 g/mol. The maximum atomic E-state index is 12.1. The fourth-order valence-electron chi connectivity index (χ4n) is 2.11. The van der Waals surface area contributed by atoms with Gasteiger partial charge in [-0.3, -0.25) is 9.78 Å². The van der Waals surface area contributed by atoms with Crippen molar-refractivity contribution in [2.45, 2.75) is 0 Å². The van der Waals surface area contributed by atoms with E-state index in [1.54, 1.807) is 37.6 Å². The lowest BCUT2D eigenvalue weighted by Gasteiger charge is -2.07. The van der Waals surface area contributed by atoms with Gasteiger partial charge in [0.2, 0.25) is 5.95 Å². The Bertz CT molecular complexity index is 985. The van der Waals surface area contributed by atoms with E-state index in [0.29, 0.717) is 11.3 Å². The molecule has 0 aliphatic carbocycles. The van der Waals surface area contributed by atoms with E-state index in [2.05, 4.69) is 20.5 Å². The van der Waals surface area contributed by atoms with Crippen molar-refractivity contribution in [3.8, 4) is 23.1 Å². The predicted octanol–water partition coefficient (Wildman–Crippen LogP) is 2.82. The average molecular weight is 351 g/mol. The molecule has 8 heteroatoms. The zero-order valence-corrected chi connectivity index (χ0v) is 14.0. The molecule has 0 radical (unpaired) electrons. The molecule has 7 nitrogen and oxygen atoms in total. The second-order valence-electron chi connectivity index (χ2n) is 4.86. The fourth-order valence-corrected chi connectivity index (χ4v) is 2.69. The van der Waals surface area contributed by atoms with Crippen LogP contribution in [0.5, 0.6) is 5.75 Å². The van der Waals surface area contributed by atoms with Crippen LogP contribution in [-0.2, 0) is 0 Å². The Morgan fingerprint density at radius 2 is 2.16 bits per heavy atom. The molecule has 0 bridgehead atoms. The summed E-state index contributed by atoms with van der Waals surface area (Å²) in [6.07, 6.45) is 1.62. The topological polar surface area (TPSA) is 103 Å². The number of hydrogen-bond donors (Lipinski definition) is 2. The van der Waals surface area contributed by atoms with Gasteiger partial charge in [-0.1, -0.05) is 6.07 Å². The summed E-state index contributed by atoms with van der Waals surface area (Å²) in [4.78, 5) is 19.9. The Kier molecular flexibility index (Phi) is 4.87. The molecule has 0 aliphatic heterocycles. The van der Waals surface area contributed by atoms with Crippen molar-refractivity contribution in [1.29, 1.82) is 5.26 Å². The first-order chi connectivity index (χ1) is 12.2. The second-order valence-corrected chi connectivity index (χ2v) is 5.84. The Morgan fingerprint density at radius 1 is 1.36 bits per heavy atom. The van der Waals surface area contributed by atoms with Gasteiger partial charge in [-0.15, -0.1) is 11.3 Å². The molecule has 0 amide bonds. The molecule has 0 atom stereocenters. The van der Waals surface area contributed by atoms with Crippen molar-refractivity contribution in [1.82, 2.24) is 9.97 Å². The molecule has 2 heterocycles. The van der Waals surface area contributed by atoms with Gasteiger partial charge in [-0.25, -0.2) is 10.4 Å². The van der Waals surface area contributed by atoms with Crippen LogP contribution in [0.15, 0.2) is 51.7 Å². The third kappa shape index (κ3) is 3.73. The largest absolute Gasteiger partial charge is 0.497 e. The number of benzene rings is 1. The van der Waals surface area contributed by atoms with Crippen molar-refractivity contribution in [2.75, 3.05) is 12.5 Å². The number of nitriles is 1. The molecule has 2 N–H and O–H groups in total. The Morgan fingerprint density at radius 3 is 2.80 bits per heavy atom. The van der Waals surface area contributed by atoms with Crippen LogP contribution < -0.4 is 15.7 Å². The molecule has 0 saturated heterocycles. The van der Waals surface area contributed by atoms with Gasteiger partial charge in [0.25, 0.3) is 5.56 Å². The number of nitrogens with zero attached hydrogens (tertiary/aromatic N) is 3. The van der Waals surface area contributed by atoms with Gasteiger partial charge in [-0.05, 0) is 35.7 Å². The summed E-state index contributed by atoms with van der Waals surface area (Å²) in [6, 6.07) is 12.7. The number of thiophene rings is 1. The molecule has 2 aromatic heterocycles. The summed E-state index contributed by atoms with van der Waals surface area (Å²) in [5.74, 6) is 0.827. The second kappa shape index (κ2) is 7.42. The van der Waals surface area contributed by atoms with Crippen LogP contribution in [-0.4, -0.2) is 23.3 Å². The van der Waals surface area contributed by atoms with Crippen molar-refractivity contribution < 1.29 is 4.74 Å². The number of H-pyrrole nitrogens is 1. The predicted molar refractivity (Wildman–Crippen MR) is 97.1 cm³/mol. The third-order valence-electron chi connectivity index (χ3n) is 3.30. The highest BCUT2D eigenvalue weighted by molar-refractivity contribution is 7.11. The number of methoxy groups -OCH3 is 1. The highest BCUT2D eigenvalue weighted by Crippen LogP contribution is 2.22. The van der Waals surface area contributed by atoms with E-state index in [-0.39, 0.29) is 17.2 Å². The van der Waals surface area contributed by atoms with Crippen LogP contribution in [0.2, 0.25) is 0 Å². The number of ether oxygens (including phenoxy) is 1. The smallest absolute Gasteiger partial charge is 0.270 e. The molecule has 0 saturated carbocycles. The van der Waals surface area contributed by atoms with Crippen LogP contribution in [0.4, 0.5) is 5.95 Å². The van der Waals surface area contributed by atoms with Gasteiger partial charge < -0.3 is 4.74 Å². The number of aromatic nitrogens is 2. The van der Waals surface area contributed by atoms with Crippen molar-refractivity contribution in [2.24, 2.45) is 5.10 Å². The van der Waals surface area contributed by atoms with Crippen molar-refractivity contribution in [3.05, 3.63) is 62.6 Å². The monoisotopic (exact) mass is 351 g/mol. The van der Waals surface area contributed by atoms with Gasteiger partial charge in [0.15, 0.2) is 0 Å². The Balaban J connectivity index is 1.94. The molecule has 0 aliphatic rings. The summed E-state index contributed by atoms with van der Waals surface area (Å²) in [5.41, 5.74) is 3.01. The van der Waals surface area contributed by atoms with E-state index in [1.165, 1.54) is 11.3 Å². The van der Waals surface area contributed by atoms with Crippen LogP contribution in [0.3, 0.4) is 0 Å². The maximum absolute atomic E-state index is 12.1. The van der Waals surface area contributed by atoms with E-state index >= 15 is 0 Å². The van der Waals surface area contributed by atoms with Gasteiger partial charge in [0, 0.05) is 10.4 Å². The molecular formula is C17H13N5O2S. The normalized spacial score (nSPS) is 10.6. The van der Waals surface area contributed by atoms with Crippen molar-refractivity contribution in [3.63, 3.8) is 0 Å². The minimum atomic E-state index is -0.530. The SMILES string of the molecule is COc1ccc(-c2nc(NN=Cc3cccs3)[nH]c(=O)c2C#N)cc1. The summed E-state index contributed by atoms with van der Waals surface area (Å²) in [7, 11) is 1.56. The summed E-state index contributed by atoms with van der Waals surface area (Å²) in [5, 5.41) is 15.2. The van der Waals surface area contributed by atoms with E-state index in [4.69, 9.17) is 4.74 Å². The van der Waals surface area contributed by atoms with E-state index in [0.717, 1.165) is 4.88 Å². The molecule has 3 rings (SSSR count). The van der Waals surface area contributed by atoms with E-state index < -0.39 is 5.56 Å². The first-order valence-corrected chi connectivity index (χ1v) is 8.10. The zero-order chi connectivity index (χ0) is 17.6. The van der Waals surface area contributed by atoms with Crippen molar-refractivity contribution >= 4 is 23.5 Å². The van der Waals surface area contributed by atoms with Gasteiger partial charge in [0.1, 0.15) is 17.4 Å². The van der Waals surface area contributed by atoms with Gasteiger partial charge in [-0.2, -0.15) is 10.4 Å². The lowest BCUT2D eigenvalue weighted by Crippen LogP contribution is -2.16. The summed E-state index contributed by atoms with van der Waals surface area (Å²) >= 11 is 1.53. The molecule has 0 spiro atoms. The number of hydrazone groups is 1. The number of anilines is 1. The molecule has 0 fully saturated rings. The Labute approximate surface area is 147 Å². The van der Waals surface area contributed by atoms with Crippen LogP contribution in [0.25, 0.3) is 11.3 Å². The van der Waals surface area contributed by atoms with E-state index in [1.807, 2.05) is 23.6 Å². The zero-order valence-electron chi connectivity index (χ0n) is 13.2. The highest BCUT2D eigenvalue weighted by atomic mass is 32.1. The van der Waals surface area contributed by atoms with E-state index in [9.17, 15) is 10.1 Å².